The molecule has 1 aromatic rings. The number of methoxy groups -OCH3 is 2. The molecule has 0 radical (unpaired) electrons. The predicted molar refractivity (Wildman–Crippen MR) is 116 cm³/mol. The molecule has 1 aliphatic heterocycles. The van der Waals surface area contributed by atoms with E-state index in [1.807, 2.05) is 6.08 Å². The topological polar surface area (TPSA) is 130 Å². The van der Waals surface area contributed by atoms with Gasteiger partial charge in [0.05, 0.1) is 26.1 Å². The van der Waals surface area contributed by atoms with Crippen LogP contribution in [0.1, 0.15) is 31.2 Å². The number of rotatable bonds is 3. The van der Waals surface area contributed by atoms with Crippen LogP contribution in [0.2, 0.25) is 0 Å². The maximum atomic E-state index is 13.4. The number of phenols is 1. The second kappa shape index (κ2) is 7.66. The number of nitrogens with zero attached hydrogens (tertiary/aromatic N) is 1. The van der Waals surface area contributed by atoms with E-state index in [2.05, 4.69) is 0 Å². The summed E-state index contributed by atoms with van der Waals surface area (Å²) >= 11 is 0. The molecule has 1 heterocycles. The molecule has 5 rings (SSSR count). The van der Waals surface area contributed by atoms with Crippen LogP contribution in [0, 0.1) is 17.8 Å². The molecule has 4 atom stereocenters. The fraction of sp³-hybridized carbons (Fsp3) is 0.360. The van der Waals surface area contributed by atoms with Crippen molar-refractivity contribution < 1.29 is 39.0 Å². The highest BCUT2D eigenvalue weighted by Crippen LogP contribution is 2.57. The number of phenolic OH excluding ortho intramolecular Hbond substituents is 1. The van der Waals surface area contributed by atoms with Gasteiger partial charge in [-0.2, -0.15) is 5.06 Å². The Morgan fingerprint density at radius 3 is 2.26 bits per heavy atom. The van der Waals surface area contributed by atoms with Crippen LogP contribution in [-0.4, -0.2) is 53.0 Å². The highest BCUT2D eigenvalue weighted by Gasteiger charge is 2.56. The Labute approximate surface area is 194 Å². The molecule has 4 unspecified atom stereocenters. The number of aromatic hydroxyl groups is 1. The number of hydroxylamine groups is 2. The maximum absolute atomic E-state index is 13.4. The third-order valence-corrected chi connectivity index (χ3v) is 7.36. The van der Waals surface area contributed by atoms with Crippen molar-refractivity contribution in [3.63, 3.8) is 0 Å². The maximum Gasteiger partial charge on any atom is 0.257 e. The SMILES string of the molecule is COc1cc(O)cc(OC)c1C1C2=CCC3C(=O)N(O)C(=O)C3C2CC2=C1C(=O)C(C)=CC2=O. The van der Waals surface area contributed by atoms with Crippen LogP contribution in [0.15, 0.2) is 46.6 Å². The Kier molecular flexibility index (Phi) is 4.98. The van der Waals surface area contributed by atoms with Crippen molar-refractivity contribution in [3.05, 3.63) is 52.1 Å². The number of hydrogen-bond acceptors (Lipinski definition) is 8. The molecule has 176 valence electrons. The molecule has 1 aromatic carbocycles. The van der Waals surface area contributed by atoms with Crippen molar-refractivity contribution in [3.8, 4) is 17.2 Å². The van der Waals surface area contributed by atoms with Gasteiger partial charge in [0.15, 0.2) is 11.6 Å². The summed E-state index contributed by atoms with van der Waals surface area (Å²) in [6.45, 7) is 1.58. The molecule has 1 fully saturated rings. The zero-order chi connectivity index (χ0) is 24.5. The van der Waals surface area contributed by atoms with Gasteiger partial charge in [0.1, 0.15) is 17.2 Å². The molecular formula is C25H23NO8. The van der Waals surface area contributed by atoms with E-state index in [1.165, 1.54) is 32.4 Å². The summed E-state index contributed by atoms with van der Waals surface area (Å²) in [5, 5.41) is 20.4. The van der Waals surface area contributed by atoms with E-state index in [0.29, 0.717) is 16.7 Å². The first-order valence-corrected chi connectivity index (χ1v) is 10.9. The number of imide groups is 1. The number of ether oxygens (including phenoxy) is 2. The van der Waals surface area contributed by atoms with Gasteiger partial charge in [0.25, 0.3) is 11.8 Å². The summed E-state index contributed by atoms with van der Waals surface area (Å²) in [5.41, 5.74) is 1.99. The molecule has 0 aromatic heterocycles. The summed E-state index contributed by atoms with van der Waals surface area (Å²) in [5.74, 6) is -4.55. The molecule has 34 heavy (non-hydrogen) atoms. The van der Waals surface area contributed by atoms with Crippen molar-refractivity contribution in [2.45, 2.75) is 25.7 Å². The van der Waals surface area contributed by atoms with Crippen LogP contribution < -0.4 is 9.47 Å². The fourth-order valence-corrected chi connectivity index (χ4v) is 5.89. The van der Waals surface area contributed by atoms with Crippen LogP contribution >= 0.6 is 0 Å². The Hall–Kier alpha value is -3.72. The first-order valence-electron chi connectivity index (χ1n) is 10.9. The van der Waals surface area contributed by atoms with Crippen LogP contribution in [0.4, 0.5) is 0 Å². The molecule has 9 nitrogen and oxygen atoms in total. The normalized spacial score (nSPS) is 28.3. The zero-order valence-electron chi connectivity index (χ0n) is 18.8. The number of amides is 2. The molecule has 2 amide bonds. The Morgan fingerprint density at radius 1 is 1.00 bits per heavy atom. The van der Waals surface area contributed by atoms with Crippen molar-refractivity contribution in [2.24, 2.45) is 17.8 Å². The van der Waals surface area contributed by atoms with E-state index in [-0.39, 0.29) is 57.9 Å². The van der Waals surface area contributed by atoms with Gasteiger partial charge in [0, 0.05) is 40.3 Å². The minimum Gasteiger partial charge on any atom is -0.508 e. The van der Waals surface area contributed by atoms with Gasteiger partial charge in [-0.15, -0.1) is 0 Å². The lowest BCUT2D eigenvalue weighted by atomic mass is 9.59. The summed E-state index contributed by atoms with van der Waals surface area (Å²) in [4.78, 5) is 51.8. The summed E-state index contributed by atoms with van der Waals surface area (Å²) < 4.78 is 11.1. The first-order chi connectivity index (χ1) is 16.2. The average molecular weight is 465 g/mol. The van der Waals surface area contributed by atoms with Crippen molar-refractivity contribution in [1.29, 1.82) is 0 Å². The van der Waals surface area contributed by atoms with Crippen LogP contribution in [0.3, 0.4) is 0 Å². The Balaban J connectivity index is 1.79. The quantitative estimate of drug-likeness (QED) is 0.301. The molecule has 4 aliphatic rings. The van der Waals surface area contributed by atoms with Crippen LogP contribution in [-0.2, 0) is 19.2 Å². The van der Waals surface area contributed by atoms with E-state index < -0.39 is 35.5 Å². The van der Waals surface area contributed by atoms with Crippen molar-refractivity contribution in [1.82, 2.24) is 5.06 Å². The van der Waals surface area contributed by atoms with Gasteiger partial charge in [-0.3, -0.25) is 24.4 Å². The highest BCUT2D eigenvalue weighted by molar-refractivity contribution is 6.24. The average Bonchev–Trinajstić information content (AvgIpc) is 3.04. The summed E-state index contributed by atoms with van der Waals surface area (Å²) in [6.07, 6.45) is 3.42. The third kappa shape index (κ3) is 2.89. The Bertz CT molecular complexity index is 1240. The molecule has 1 saturated heterocycles. The standard InChI is InChI=1S/C25H23NO8/c1-10-6-16(28)15-9-14-12(4-5-13-19(14)25(31)26(32)24(13)30)20(21(15)23(10)29)22-17(33-2)7-11(27)8-18(22)34-3/h4,6-8,13-14,19-20,27,32H,5,9H2,1-3H3. The van der Waals surface area contributed by atoms with Crippen LogP contribution in [0.25, 0.3) is 0 Å². The zero-order valence-corrected chi connectivity index (χ0v) is 18.8. The molecule has 0 saturated carbocycles. The Morgan fingerprint density at radius 2 is 1.65 bits per heavy atom. The van der Waals surface area contributed by atoms with Gasteiger partial charge in [0.2, 0.25) is 0 Å². The minimum atomic E-state index is -0.849. The van der Waals surface area contributed by atoms with E-state index in [1.54, 1.807) is 6.92 Å². The highest BCUT2D eigenvalue weighted by atomic mass is 16.5. The van der Waals surface area contributed by atoms with E-state index in [0.717, 1.165) is 0 Å². The molecule has 0 spiro atoms. The molecule has 2 N–H and O–H groups in total. The number of fused-ring (bicyclic) bond motifs is 3. The smallest absolute Gasteiger partial charge is 0.257 e. The first kappa shape index (κ1) is 22.1. The minimum absolute atomic E-state index is 0.1000. The number of allylic oxidation sites excluding steroid dienone is 6. The van der Waals surface area contributed by atoms with Gasteiger partial charge in [-0.25, -0.2) is 0 Å². The number of Topliss-reactive ketones (excluding diaryl/α,β-unsaturated/α-hetero) is 1. The number of benzene rings is 1. The molecule has 3 aliphatic carbocycles. The summed E-state index contributed by atoms with van der Waals surface area (Å²) in [6, 6.07) is 2.79. The largest absolute Gasteiger partial charge is 0.508 e. The molecule has 9 heteroatoms. The second-order valence-corrected chi connectivity index (χ2v) is 8.98. The lowest BCUT2D eigenvalue weighted by Gasteiger charge is -2.42. The monoisotopic (exact) mass is 465 g/mol. The lowest BCUT2D eigenvalue weighted by Crippen LogP contribution is -2.39. The van der Waals surface area contributed by atoms with Crippen molar-refractivity contribution in [2.75, 3.05) is 14.2 Å². The van der Waals surface area contributed by atoms with Gasteiger partial charge >= 0.3 is 0 Å². The number of ketones is 2. The molecular weight excluding hydrogens is 442 g/mol. The van der Waals surface area contributed by atoms with Crippen LogP contribution in [0.5, 0.6) is 17.2 Å². The third-order valence-electron chi connectivity index (χ3n) is 7.36. The summed E-state index contributed by atoms with van der Waals surface area (Å²) in [7, 11) is 2.83. The number of carbonyl (C=O) groups is 4. The predicted octanol–water partition coefficient (Wildman–Crippen LogP) is 2.23. The second-order valence-electron chi connectivity index (χ2n) is 8.98. The van der Waals surface area contributed by atoms with Gasteiger partial charge in [-0.1, -0.05) is 11.6 Å². The van der Waals surface area contributed by atoms with E-state index in [4.69, 9.17) is 9.47 Å². The number of carbonyl (C=O) groups excluding carboxylic acids is 4. The molecule has 0 bridgehead atoms. The fourth-order valence-electron chi connectivity index (χ4n) is 5.89. The van der Waals surface area contributed by atoms with E-state index >= 15 is 0 Å². The van der Waals surface area contributed by atoms with Gasteiger partial charge in [-0.05, 0) is 31.8 Å². The van der Waals surface area contributed by atoms with Crippen molar-refractivity contribution >= 4 is 23.4 Å². The number of hydrogen-bond donors (Lipinski definition) is 2. The van der Waals surface area contributed by atoms with Gasteiger partial charge < -0.3 is 14.6 Å². The van der Waals surface area contributed by atoms with E-state index in [9.17, 15) is 29.5 Å². The lowest BCUT2D eigenvalue weighted by molar-refractivity contribution is -0.173.